The summed E-state index contributed by atoms with van der Waals surface area (Å²) in [6.45, 7) is 8.48. The highest BCUT2D eigenvalue weighted by atomic mass is 19.4. The molecule has 0 N–H and O–H groups in total. The Morgan fingerprint density at radius 2 is 1.85 bits per heavy atom. The van der Waals surface area contributed by atoms with Crippen molar-refractivity contribution < 1.29 is 50.4 Å². The zero-order chi connectivity index (χ0) is 42.7. The van der Waals surface area contributed by atoms with Crippen LogP contribution in [-0.2, 0) is 20.6 Å². The second-order valence-corrected chi connectivity index (χ2v) is 17.0. The monoisotopic (exact) mass is 838 g/mol. The molecule has 3 fully saturated rings. The Balaban J connectivity index is 1.28. The topological polar surface area (TPSA) is 112 Å². The van der Waals surface area contributed by atoms with Gasteiger partial charge in [-0.1, -0.05) is 18.9 Å². The van der Waals surface area contributed by atoms with Gasteiger partial charge in [-0.25, -0.2) is 18.6 Å². The molecule has 17 heteroatoms. The molecule has 0 bridgehead atoms. The van der Waals surface area contributed by atoms with Crippen LogP contribution in [0.1, 0.15) is 71.1 Å². The van der Waals surface area contributed by atoms with E-state index >= 15 is 8.78 Å². The predicted octanol–water partition coefficient (Wildman–Crippen LogP) is 7.76. The van der Waals surface area contributed by atoms with Gasteiger partial charge < -0.3 is 28.7 Å². The van der Waals surface area contributed by atoms with E-state index in [2.05, 4.69) is 15.6 Å². The van der Waals surface area contributed by atoms with Crippen LogP contribution in [0.4, 0.5) is 32.6 Å². The third kappa shape index (κ3) is 7.85. The summed E-state index contributed by atoms with van der Waals surface area (Å²) >= 11 is 0. The molecule has 2 unspecified atom stereocenters. The molecule has 2 aromatic carbocycles. The number of anilines is 1. The SMILES string of the molecule is C#Cc1c(F)ccc2cc(OCOC)cc(-c3nc4c5c(nc(OCC67CCCN6C[C@@H](OC(F)(F)F)C7)nc5c3F)N3C[C@@H](CC)N(C(=O)OC(C)(C)C)CC3CC4)c12. The van der Waals surface area contributed by atoms with Gasteiger partial charge in [0.1, 0.15) is 40.8 Å². The van der Waals surface area contributed by atoms with Crippen molar-refractivity contribution in [2.45, 2.75) is 102 Å². The van der Waals surface area contributed by atoms with Crippen LogP contribution in [-0.4, -0.2) is 113 Å². The molecule has 3 saturated heterocycles. The third-order valence-electron chi connectivity index (χ3n) is 11.9. The third-order valence-corrected chi connectivity index (χ3v) is 11.9. The van der Waals surface area contributed by atoms with Crippen LogP contribution >= 0.6 is 0 Å². The van der Waals surface area contributed by atoms with E-state index in [0.29, 0.717) is 66.8 Å². The average Bonchev–Trinajstić information content (AvgIpc) is 3.68. The van der Waals surface area contributed by atoms with Crippen molar-refractivity contribution in [3.8, 4) is 35.4 Å². The summed E-state index contributed by atoms with van der Waals surface area (Å²) in [7, 11) is 1.46. The first-order valence-electron chi connectivity index (χ1n) is 20.1. The van der Waals surface area contributed by atoms with E-state index in [4.69, 9.17) is 35.3 Å². The Morgan fingerprint density at radius 1 is 1.05 bits per heavy atom. The molecule has 12 nitrogen and oxygen atoms in total. The normalized spacial score (nSPS) is 23.1. The van der Waals surface area contributed by atoms with E-state index in [0.717, 1.165) is 6.42 Å². The smallest absolute Gasteiger partial charge is 0.468 e. The lowest BCUT2D eigenvalue weighted by Crippen LogP contribution is -2.60. The minimum Gasteiger partial charge on any atom is -0.468 e. The maximum absolute atomic E-state index is 17.7. The number of nitrogens with zero attached hydrogens (tertiary/aromatic N) is 6. The van der Waals surface area contributed by atoms with Crippen molar-refractivity contribution >= 4 is 33.6 Å². The molecule has 4 atom stereocenters. The molecule has 8 rings (SSSR count). The number of benzene rings is 2. The number of piperazine rings is 1. The van der Waals surface area contributed by atoms with Crippen LogP contribution in [0, 0.1) is 24.0 Å². The van der Waals surface area contributed by atoms with E-state index < -0.39 is 41.3 Å². The molecule has 2 aromatic heterocycles. The molecule has 0 aliphatic carbocycles. The van der Waals surface area contributed by atoms with Crippen LogP contribution in [0.2, 0.25) is 0 Å². The van der Waals surface area contributed by atoms with Crippen LogP contribution in [0.25, 0.3) is 32.9 Å². The van der Waals surface area contributed by atoms with Crippen LogP contribution < -0.4 is 14.4 Å². The van der Waals surface area contributed by atoms with E-state index in [9.17, 15) is 18.0 Å². The Bertz CT molecular complexity index is 2370. The molecule has 4 aliphatic heterocycles. The Morgan fingerprint density at radius 3 is 2.57 bits per heavy atom. The molecule has 0 spiro atoms. The van der Waals surface area contributed by atoms with E-state index in [1.165, 1.54) is 25.3 Å². The van der Waals surface area contributed by atoms with Crippen LogP contribution in [0.15, 0.2) is 24.3 Å². The number of carbonyl (C=O) groups is 1. The van der Waals surface area contributed by atoms with Gasteiger partial charge in [0.05, 0.1) is 34.3 Å². The number of fused-ring (bicyclic) bond motifs is 4. The average molecular weight is 839 g/mol. The van der Waals surface area contributed by atoms with Gasteiger partial charge in [0.15, 0.2) is 12.6 Å². The number of aryl methyl sites for hydroxylation is 1. The standard InChI is InChI=1S/C43H47F5N6O6/c1-7-25-19-53-26(20-54(25)40(55)60-41(3,4)5)11-13-32-34-37(50-39(51-38(34)53)57-22-42-14-9-15-52(42)21-28(18-42)59-43(46,47)48)35(45)36(49-32)30-17-27(58-23-56-6)16-24-10-12-31(44)29(8-2)33(24)30/h2,10,12,16-17,25-26,28H,7,9,11,13-15,18-23H2,1,3-6H3/t25-,26?,28+,42?/m1/s1. The van der Waals surface area contributed by atoms with Gasteiger partial charge >= 0.3 is 18.5 Å². The van der Waals surface area contributed by atoms with Gasteiger partial charge in [-0.05, 0) is 89.4 Å². The van der Waals surface area contributed by atoms with Crippen molar-refractivity contribution in [3.63, 3.8) is 0 Å². The number of aromatic nitrogens is 3. The van der Waals surface area contributed by atoms with Gasteiger partial charge in [-0.3, -0.25) is 9.64 Å². The number of hydrogen-bond donors (Lipinski definition) is 0. The molecular formula is C43H47F5N6O6. The number of pyridine rings is 1. The van der Waals surface area contributed by atoms with Crippen molar-refractivity contribution in [2.75, 3.05) is 51.6 Å². The van der Waals surface area contributed by atoms with E-state index in [-0.39, 0.29) is 78.7 Å². The quantitative estimate of drug-likeness (QED) is 0.0938. The minimum absolute atomic E-state index is 0.0656. The van der Waals surface area contributed by atoms with Gasteiger partial charge in [0, 0.05) is 43.7 Å². The Hall–Kier alpha value is -5.05. The minimum atomic E-state index is -4.79. The molecular weight excluding hydrogens is 791 g/mol. The van der Waals surface area contributed by atoms with E-state index in [1.807, 2.05) is 37.5 Å². The van der Waals surface area contributed by atoms with Crippen LogP contribution in [0.3, 0.4) is 0 Å². The number of alkyl halides is 3. The summed E-state index contributed by atoms with van der Waals surface area (Å²) in [6, 6.07) is 5.15. The van der Waals surface area contributed by atoms with Crippen LogP contribution in [0.5, 0.6) is 11.8 Å². The fraction of sp³-hybridized carbons (Fsp3) is 0.535. The first-order chi connectivity index (χ1) is 28.5. The Kier molecular flexibility index (Phi) is 11.0. The molecule has 60 heavy (non-hydrogen) atoms. The Labute approximate surface area is 344 Å². The lowest BCUT2D eigenvalue weighted by Gasteiger charge is -2.46. The number of carbonyl (C=O) groups excluding carboxylic acids is 1. The number of terminal acetylenes is 1. The zero-order valence-electron chi connectivity index (χ0n) is 34.1. The maximum Gasteiger partial charge on any atom is 0.522 e. The molecule has 4 aliphatic rings. The molecule has 1 amide bonds. The van der Waals surface area contributed by atoms with Gasteiger partial charge in [0.25, 0.3) is 0 Å². The van der Waals surface area contributed by atoms with Crippen molar-refractivity contribution in [2.24, 2.45) is 0 Å². The molecule has 4 aromatic rings. The summed E-state index contributed by atoms with van der Waals surface area (Å²) in [5.41, 5.74) is -1.23. The fourth-order valence-electron chi connectivity index (χ4n) is 9.38. The number of rotatable bonds is 9. The number of hydrogen-bond acceptors (Lipinski definition) is 11. The molecule has 6 heterocycles. The van der Waals surface area contributed by atoms with Crippen molar-refractivity contribution in [1.29, 1.82) is 0 Å². The van der Waals surface area contributed by atoms with Crippen molar-refractivity contribution in [3.05, 3.63) is 47.2 Å². The summed E-state index contributed by atoms with van der Waals surface area (Å²) in [5, 5.41) is 1.07. The highest BCUT2D eigenvalue weighted by Crippen LogP contribution is 2.45. The molecule has 320 valence electrons. The number of halogens is 5. The van der Waals surface area contributed by atoms with E-state index in [1.54, 1.807) is 11.0 Å². The zero-order valence-corrected chi connectivity index (χ0v) is 34.1. The summed E-state index contributed by atoms with van der Waals surface area (Å²) in [4.78, 5) is 33.8. The highest BCUT2D eigenvalue weighted by Gasteiger charge is 2.52. The second kappa shape index (κ2) is 15.8. The fourth-order valence-corrected chi connectivity index (χ4v) is 9.38. The van der Waals surface area contributed by atoms with Gasteiger partial charge in [-0.15, -0.1) is 19.6 Å². The van der Waals surface area contributed by atoms with Crippen molar-refractivity contribution in [1.82, 2.24) is 24.8 Å². The van der Waals surface area contributed by atoms with Gasteiger partial charge in [0.2, 0.25) is 0 Å². The summed E-state index contributed by atoms with van der Waals surface area (Å²) in [5.74, 6) is 1.55. The number of ether oxygens (including phenoxy) is 5. The number of methoxy groups -OCH3 is 1. The predicted molar refractivity (Wildman–Crippen MR) is 212 cm³/mol. The molecule has 0 saturated carbocycles. The molecule has 0 radical (unpaired) electrons. The lowest BCUT2D eigenvalue weighted by atomic mass is 9.94. The summed E-state index contributed by atoms with van der Waals surface area (Å²) < 4.78 is 100. The first-order valence-corrected chi connectivity index (χ1v) is 20.1. The maximum atomic E-state index is 17.7. The number of amides is 1. The largest absolute Gasteiger partial charge is 0.522 e. The lowest BCUT2D eigenvalue weighted by molar-refractivity contribution is -0.340. The summed E-state index contributed by atoms with van der Waals surface area (Å²) in [6.07, 6.45) is 2.33. The van der Waals surface area contributed by atoms with Gasteiger partial charge in [-0.2, -0.15) is 9.97 Å². The highest BCUT2D eigenvalue weighted by molar-refractivity contribution is 6.03. The first kappa shape index (κ1) is 41.7. The second-order valence-electron chi connectivity index (χ2n) is 17.0.